The maximum atomic E-state index is 12.0. The van der Waals surface area contributed by atoms with Gasteiger partial charge in [0.1, 0.15) is 12.6 Å². The Morgan fingerprint density at radius 3 is 2.57 bits per heavy atom. The summed E-state index contributed by atoms with van der Waals surface area (Å²) in [7, 11) is 0. The molecule has 2 aliphatic rings. The molecule has 0 aromatic rings. The van der Waals surface area contributed by atoms with Crippen molar-refractivity contribution in [3.8, 4) is 0 Å². The molecule has 1 unspecified atom stereocenters. The molecule has 2 N–H and O–H groups in total. The lowest BCUT2D eigenvalue weighted by Crippen LogP contribution is -2.45. The van der Waals surface area contributed by atoms with Gasteiger partial charge >= 0.3 is 6.03 Å². The highest BCUT2D eigenvalue weighted by Gasteiger charge is 2.38. The molecule has 0 aromatic heterocycles. The van der Waals surface area contributed by atoms with Crippen LogP contribution in [0.15, 0.2) is 0 Å². The van der Waals surface area contributed by atoms with Crippen LogP contribution in [0.2, 0.25) is 0 Å². The molecule has 0 bridgehead atoms. The predicted molar refractivity (Wildman–Crippen MR) is 78.5 cm³/mol. The van der Waals surface area contributed by atoms with Crippen LogP contribution in [0, 0.1) is 5.92 Å². The third-order valence-corrected chi connectivity index (χ3v) is 4.37. The Balaban J connectivity index is 1.82. The number of nitrogens with one attached hydrogen (secondary N) is 2. The smallest absolute Gasteiger partial charge is 0.325 e. The molecule has 1 saturated heterocycles. The van der Waals surface area contributed by atoms with Gasteiger partial charge in [0, 0.05) is 6.04 Å². The quantitative estimate of drug-likeness (QED) is 0.753. The molecule has 0 spiro atoms. The van der Waals surface area contributed by atoms with Gasteiger partial charge < -0.3 is 10.6 Å². The van der Waals surface area contributed by atoms with Gasteiger partial charge in [-0.15, -0.1) is 0 Å². The maximum absolute atomic E-state index is 12.0. The first-order chi connectivity index (χ1) is 10.0. The number of rotatable bonds is 5. The van der Waals surface area contributed by atoms with Gasteiger partial charge in [0.25, 0.3) is 5.91 Å². The van der Waals surface area contributed by atoms with E-state index >= 15 is 0 Å². The van der Waals surface area contributed by atoms with Gasteiger partial charge in [0.05, 0.1) is 0 Å². The average Bonchev–Trinajstić information content (AvgIpc) is 2.70. The van der Waals surface area contributed by atoms with E-state index in [2.05, 4.69) is 17.6 Å². The van der Waals surface area contributed by atoms with Crippen LogP contribution in [-0.2, 0) is 9.59 Å². The fraction of sp³-hybridized carbons (Fsp3) is 0.800. The minimum atomic E-state index is -0.467. The summed E-state index contributed by atoms with van der Waals surface area (Å²) >= 11 is 0. The van der Waals surface area contributed by atoms with Gasteiger partial charge in [-0.25, -0.2) is 4.79 Å². The van der Waals surface area contributed by atoms with Crippen LogP contribution in [0.4, 0.5) is 4.79 Å². The standard InChI is InChI=1S/C15H25N3O3/c1-3-4-12-14(20)18(15(21)17-12)9-13(19)16-11-7-5-10(2)6-8-11/h10-12H,3-9H2,1-2H3,(H,16,19)(H,17,21). The van der Waals surface area contributed by atoms with Crippen LogP contribution in [0.25, 0.3) is 0 Å². The Labute approximate surface area is 125 Å². The SMILES string of the molecule is CCCC1NC(=O)N(CC(=O)NC2CCC(C)CC2)C1=O. The zero-order valence-corrected chi connectivity index (χ0v) is 12.9. The first kappa shape index (κ1) is 15.8. The monoisotopic (exact) mass is 295 g/mol. The summed E-state index contributed by atoms with van der Waals surface area (Å²) in [5, 5.41) is 5.57. The molecule has 4 amide bonds. The number of carbonyl (C=O) groups is 3. The zero-order valence-electron chi connectivity index (χ0n) is 12.9. The van der Waals surface area contributed by atoms with E-state index in [1.165, 1.54) is 0 Å². The van der Waals surface area contributed by atoms with Gasteiger partial charge in [-0.3, -0.25) is 14.5 Å². The predicted octanol–water partition coefficient (Wildman–Crippen LogP) is 1.40. The third-order valence-electron chi connectivity index (χ3n) is 4.37. The van der Waals surface area contributed by atoms with Crippen molar-refractivity contribution in [2.75, 3.05) is 6.54 Å². The van der Waals surface area contributed by atoms with E-state index in [1.54, 1.807) is 0 Å². The third kappa shape index (κ3) is 3.95. The molecule has 6 nitrogen and oxygen atoms in total. The fourth-order valence-electron chi connectivity index (χ4n) is 3.03. The summed E-state index contributed by atoms with van der Waals surface area (Å²) < 4.78 is 0. The second-order valence-corrected chi connectivity index (χ2v) is 6.24. The average molecular weight is 295 g/mol. The molecule has 2 fully saturated rings. The number of imide groups is 1. The van der Waals surface area contributed by atoms with Crippen LogP contribution in [0.5, 0.6) is 0 Å². The second kappa shape index (κ2) is 6.91. The number of hydrogen-bond acceptors (Lipinski definition) is 3. The van der Waals surface area contributed by atoms with Crippen molar-refractivity contribution in [3.05, 3.63) is 0 Å². The van der Waals surface area contributed by atoms with E-state index in [4.69, 9.17) is 0 Å². The lowest BCUT2D eigenvalue weighted by atomic mass is 9.87. The van der Waals surface area contributed by atoms with Crippen LogP contribution < -0.4 is 10.6 Å². The summed E-state index contributed by atoms with van der Waals surface area (Å²) in [6.07, 6.45) is 5.62. The maximum Gasteiger partial charge on any atom is 0.325 e. The summed E-state index contributed by atoms with van der Waals surface area (Å²) in [6.45, 7) is 4.01. The van der Waals surface area contributed by atoms with Crippen LogP contribution in [-0.4, -0.2) is 41.4 Å². The van der Waals surface area contributed by atoms with Gasteiger partial charge in [-0.2, -0.15) is 0 Å². The van der Waals surface area contributed by atoms with Crippen molar-refractivity contribution >= 4 is 17.8 Å². The molecular weight excluding hydrogens is 270 g/mol. The highest BCUT2D eigenvalue weighted by atomic mass is 16.2. The molecule has 0 radical (unpaired) electrons. The Kier molecular flexibility index (Phi) is 5.20. The zero-order chi connectivity index (χ0) is 15.4. The largest absolute Gasteiger partial charge is 0.352 e. The van der Waals surface area contributed by atoms with E-state index in [1.807, 2.05) is 6.92 Å². The van der Waals surface area contributed by atoms with Crippen LogP contribution in [0.1, 0.15) is 52.4 Å². The van der Waals surface area contributed by atoms with E-state index < -0.39 is 12.1 Å². The minimum Gasteiger partial charge on any atom is -0.352 e. The molecule has 21 heavy (non-hydrogen) atoms. The number of amides is 4. The molecule has 2 rings (SSSR count). The molecule has 1 aliphatic heterocycles. The van der Waals surface area contributed by atoms with E-state index in [-0.39, 0.29) is 24.4 Å². The number of urea groups is 1. The Morgan fingerprint density at radius 1 is 1.29 bits per heavy atom. The lowest BCUT2D eigenvalue weighted by molar-refractivity contribution is -0.132. The molecule has 1 saturated carbocycles. The van der Waals surface area contributed by atoms with E-state index in [0.29, 0.717) is 6.42 Å². The number of nitrogens with zero attached hydrogens (tertiary/aromatic N) is 1. The molecule has 1 atom stereocenters. The molecule has 1 heterocycles. The molecular formula is C15H25N3O3. The Bertz CT molecular complexity index is 416. The van der Waals surface area contributed by atoms with Crippen molar-refractivity contribution in [1.29, 1.82) is 0 Å². The van der Waals surface area contributed by atoms with Gasteiger partial charge in [-0.05, 0) is 38.0 Å². The topological polar surface area (TPSA) is 78.5 Å². The molecule has 6 heteroatoms. The Morgan fingerprint density at radius 2 is 1.95 bits per heavy atom. The van der Waals surface area contributed by atoms with Crippen molar-refractivity contribution in [2.24, 2.45) is 5.92 Å². The van der Waals surface area contributed by atoms with Crippen molar-refractivity contribution < 1.29 is 14.4 Å². The molecule has 0 aromatic carbocycles. The minimum absolute atomic E-state index is 0.170. The number of hydrogen-bond donors (Lipinski definition) is 2. The summed E-state index contributed by atoms with van der Waals surface area (Å²) in [6, 6.07) is -0.738. The van der Waals surface area contributed by atoms with Crippen LogP contribution >= 0.6 is 0 Å². The second-order valence-electron chi connectivity index (χ2n) is 6.24. The fourth-order valence-corrected chi connectivity index (χ4v) is 3.03. The van der Waals surface area contributed by atoms with Gasteiger partial charge in [-0.1, -0.05) is 20.3 Å². The van der Waals surface area contributed by atoms with E-state index in [0.717, 1.165) is 42.9 Å². The van der Waals surface area contributed by atoms with Crippen molar-refractivity contribution in [3.63, 3.8) is 0 Å². The first-order valence-corrected chi connectivity index (χ1v) is 7.92. The normalized spacial score (nSPS) is 29.4. The van der Waals surface area contributed by atoms with Crippen molar-refractivity contribution in [2.45, 2.75) is 64.5 Å². The van der Waals surface area contributed by atoms with E-state index in [9.17, 15) is 14.4 Å². The van der Waals surface area contributed by atoms with Gasteiger partial charge in [0.15, 0.2) is 0 Å². The molecule has 118 valence electrons. The Hall–Kier alpha value is -1.59. The highest BCUT2D eigenvalue weighted by molar-refractivity contribution is 6.06. The summed E-state index contributed by atoms with van der Waals surface area (Å²) in [5.74, 6) is 0.198. The first-order valence-electron chi connectivity index (χ1n) is 7.92. The molecule has 1 aliphatic carbocycles. The highest BCUT2D eigenvalue weighted by Crippen LogP contribution is 2.23. The number of carbonyl (C=O) groups excluding carboxylic acids is 3. The lowest BCUT2D eigenvalue weighted by Gasteiger charge is -2.27. The summed E-state index contributed by atoms with van der Waals surface area (Å²) in [4.78, 5) is 36.8. The van der Waals surface area contributed by atoms with Gasteiger partial charge in [0.2, 0.25) is 5.91 Å². The summed E-state index contributed by atoms with van der Waals surface area (Å²) in [5.41, 5.74) is 0. The van der Waals surface area contributed by atoms with Crippen LogP contribution in [0.3, 0.4) is 0 Å². The van der Waals surface area contributed by atoms with Crippen molar-refractivity contribution in [1.82, 2.24) is 15.5 Å².